The summed E-state index contributed by atoms with van der Waals surface area (Å²) in [6.07, 6.45) is 0. The minimum absolute atomic E-state index is 0.133. The van der Waals surface area contributed by atoms with Crippen molar-refractivity contribution in [3.8, 4) is 0 Å². The second-order valence-corrected chi connectivity index (χ2v) is 7.15. The van der Waals surface area contributed by atoms with E-state index in [1.54, 1.807) is 0 Å². The van der Waals surface area contributed by atoms with Gasteiger partial charge in [0.1, 0.15) is 9.79 Å². The van der Waals surface area contributed by atoms with Crippen LogP contribution in [0.3, 0.4) is 0 Å². The molecule has 17 heavy (non-hydrogen) atoms. The van der Waals surface area contributed by atoms with E-state index in [1.807, 2.05) is 4.72 Å². The minimum atomic E-state index is -3.90. The molecule has 0 atom stereocenters. The first kappa shape index (κ1) is 14.4. The van der Waals surface area contributed by atoms with Crippen molar-refractivity contribution in [1.82, 2.24) is 9.44 Å². The molecule has 1 aromatic carbocycles. The molecule has 0 aliphatic rings. The average Bonchev–Trinajstić information content (AvgIpc) is 2.28. The molecule has 0 bridgehead atoms. The smallest absolute Gasteiger partial charge is 0.214 e. The van der Waals surface area contributed by atoms with Gasteiger partial charge in [0.05, 0.1) is 0 Å². The van der Waals surface area contributed by atoms with Gasteiger partial charge in [0.2, 0.25) is 20.0 Å². The van der Waals surface area contributed by atoms with E-state index in [0.717, 1.165) is 12.1 Å². The molecule has 96 valence electrons. The van der Waals surface area contributed by atoms with Crippen LogP contribution in [0.25, 0.3) is 0 Å². The van der Waals surface area contributed by atoms with E-state index >= 15 is 0 Å². The molecular formula is C8H11ClN2O4S2. The summed E-state index contributed by atoms with van der Waals surface area (Å²) in [5, 5.41) is 0.133. The van der Waals surface area contributed by atoms with Gasteiger partial charge in [-0.25, -0.2) is 26.3 Å². The van der Waals surface area contributed by atoms with Crippen LogP contribution < -0.4 is 9.44 Å². The zero-order chi connectivity index (χ0) is 13.3. The summed E-state index contributed by atoms with van der Waals surface area (Å²) < 4.78 is 50.7. The van der Waals surface area contributed by atoms with Gasteiger partial charge in [-0.1, -0.05) is 11.6 Å². The number of hydrogen-bond donors (Lipinski definition) is 2. The molecule has 0 saturated heterocycles. The van der Waals surface area contributed by atoms with Crippen molar-refractivity contribution in [3.63, 3.8) is 0 Å². The molecule has 0 saturated carbocycles. The van der Waals surface area contributed by atoms with Gasteiger partial charge in [0.15, 0.2) is 0 Å². The normalized spacial score (nSPS) is 12.6. The Morgan fingerprint density at radius 2 is 1.41 bits per heavy atom. The Balaban J connectivity index is 3.66. The van der Waals surface area contributed by atoms with Gasteiger partial charge in [-0.05, 0) is 32.3 Å². The fraction of sp³-hybridized carbons (Fsp3) is 0.250. The summed E-state index contributed by atoms with van der Waals surface area (Å²) in [5.74, 6) is 0. The Kier molecular flexibility index (Phi) is 4.15. The largest absolute Gasteiger partial charge is 0.241 e. The predicted molar refractivity (Wildman–Crippen MR) is 63.9 cm³/mol. The lowest BCUT2D eigenvalue weighted by Crippen LogP contribution is -2.25. The lowest BCUT2D eigenvalue weighted by Gasteiger charge is -2.10. The Hall–Kier alpha value is -0.670. The van der Waals surface area contributed by atoms with Gasteiger partial charge >= 0.3 is 0 Å². The summed E-state index contributed by atoms with van der Waals surface area (Å²) in [6.45, 7) is 0. The third kappa shape index (κ3) is 2.96. The Labute approximate surface area is 105 Å². The summed E-state index contributed by atoms with van der Waals surface area (Å²) in [5.41, 5.74) is 0. The van der Waals surface area contributed by atoms with Crippen LogP contribution in [-0.2, 0) is 20.0 Å². The Bertz CT molecular complexity index is 625. The van der Waals surface area contributed by atoms with E-state index in [9.17, 15) is 16.8 Å². The maximum atomic E-state index is 11.7. The van der Waals surface area contributed by atoms with Crippen LogP contribution in [-0.4, -0.2) is 30.9 Å². The van der Waals surface area contributed by atoms with Crippen molar-refractivity contribution in [2.24, 2.45) is 0 Å². The lowest BCUT2D eigenvalue weighted by molar-refractivity contribution is 0.574. The monoisotopic (exact) mass is 298 g/mol. The zero-order valence-electron chi connectivity index (χ0n) is 9.06. The van der Waals surface area contributed by atoms with Crippen molar-refractivity contribution in [2.75, 3.05) is 14.1 Å². The van der Waals surface area contributed by atoms with Crippen molar-refractivity contribution >= 4 is 31.6 Å². The number of hydrogen-bond acceptors (Lipinski definition) is 4. The molecule has 6 nitrogen and oxygen atoms in total. The highest BCUT2D eigenvalue weighted by molar-refractivity contribution is 7.92. The van der Waals surface area contributed by atoms with Crippen molar-refractivity contribution < 1.29 is 16.8 Å². The van der Waals surface area contributed by atoms with E-state index in [-0.39, 0.29) is 14.8 Å². The number of benzene rings is 1. The predicted octanol–water partition coefficient (Wildman–Crippen LogP) is 0.156. The van der Waals surface area contributed by atoms with Crippen LogP contribution in [0.4, 0.5) is 0 Å². The number of nitrogens with one attached hydrogen (secondary N) is 2. The molecule has 0 aliphatic carbocycles. The molecule has 2 N–H and O–H groups in total. The maximum Gasteiger partial charge on any atom is 0.241 e. The number of halogens is 1. The van der Waals surface area contributed by atoms with Crippen LogP contribution in [0.15, 0.2) is 28.0 Å². The van der Waals surface area contributed by atoms with E-state index in [1.165, 1.54) is 20.2 Å². The van der Waals surface area contributed by atoms with Gasteiger partial charge in [-0.3, -0.25) is 0 Å². The standard InChI is InChI=1S/C8H11ClN2O4S2/c1-10-16(12,13)7-4-3-6(9)5-8(7)17(14,15)11-2/h3-5,10-11H,1-2H3. The summed E-state index contributed by atoms with van der Waals surface area (Å²) in [6, 6.07) is 3.52. The van der Waals surface area contributed by atoms with Gasteiger partial charge < -0.3 is 0 Å². The van der Waals surface area contributed by atoms with Gasteiger partial charge in [0.25, 0.3) is 0 Å². The van der Waals surface area contributed by atoms with Crippen LogP contribution >= 0.6 is 11.6 Å². The van der Waals surface area contributed by atoms with Crippen LogP contribution in [0.2, 0.25) is 5.02 Å². The van der Waals surface area contributed by atoms with E-state index in [4.69, 9.17) is 11.6 Å². The lowest BCUT2D eigenvalue weighted by atomic mass is 10.4. The molecule has 0 unspecified atom stereocenters. The molecule has 0 fully saturated rings. The quantitative estimate of drug-likeness (QED) is 0.828. The highest BCUT2D eigenvalue weighted by Crippen LogP contribution is 2.24. The highest BCUT2D eigenvalue weighted by atomic mass is 35.5. The first-order valence-corrected chi connectivity index (χ1v) is 7.75. The summed E-state index contributed by atoms with van der Waals surface area (Å²) >= 11 is 5.67. The molecule has 0 aromatic heterocycles. The third-order valence-electron chi connectivity index (χ3n) is 2.02. The minimum Gasteiger partial charge on any atom is -0.214 e. The van der Waals surface area contributed by atoms with Crippen LogP contribution in [0, 0.1) is 0 Å². The molecule has 0 radical (unpaired) electrons. The third-order valence-corrected chi connectivity index (χ3v) is 5.31. The maximum absolute atomic E-state index is 11.7. The van der Waals surface area contributed by atoms with Crippen molar-refractivity contribution in [2.45, 2.75) is 9.79 Å². The van der Waals surface area contributed by atoms with E-state index in [0.29, 0.717) is 0 Å². The first-order valence-electron chi connectivity index (χ1n) is 4.41. The topological polar surface area (TPSA) is 92.3 Å². The zero-order valence-corrected chi connectivity index (χ0v) is 11.4. The Morgan fingerprint density at radius 1 is 0.941 bits per heavy atom. The number of rotatable bonds is 4. The Morgan fingerprint density at radius 3 is 1.88 bits per heavy atom. The van der Waals surface area contributed by atoms with Gasteiger partial charge in [-0.2, -0.15) is 0 Å². The fourth-order valence-electron chi connectivity index (χ4n) is 1.13. The SMILES string of the molecule is CNS(=O)(=O)c1ccc(Cl)cc1S(=O)(=O)NC. The fourth-order valence-corrected chi connectivity index (χ4v) is 3.65. The average molecular weight is 299 g/mol. The molecule has 9 heteroatoms. The van der Waals surface area contributed by atoms with Crippen LogP contribution in [0.5, 0.6) is 0 Å². The van der Waals surface area contributed by atoms with E-state index in [2.05, 4.69) is 4.72 Å². The second-order valence-electron chi connectivity index (χ2n) is 3.01. The summed E-state index contributed by atoms with van der Waals surface area (Å²) in [4.78, 5) is -0.736. The molecule has 0 aliphatic heterocycles. The molecule has 0 spiro atoms. The van der Waals surface area contributed by atoms with Crippen molar-refractivity contribution in [3.05, 3.63) is 23.2 Å². The molecule has 1 rings (SSSR count). The van der Waals surface area contributed by atoms with E-state index < -0.39 is 20.0 Å². The molecule has 0 amide bonds. The van der Waals surface area contributed by atoms with Crippen LogP contribution in [0.1, 0.15) is 0 Å². The molecule has 1 aromatic rings. The molecule has 0 heterocycles. The highest BCUT2D eigenvalue weighted by Gasteiger charge is 2.24. The number of sulfonamides is 2. The van der Waals surface area contributed by atoms with Gasteiger partial charge in [0, 0.05) is 5.02 Å². The molecular weight excluding hydrogens is 288 g/mol. The second kappa shape index (κ2) is 4.91. The van der Waals surface area contributed by atoms with Crippen molar-refractivity contribution in [1.29, 1.82) is 0 Å². The first-order chi connectivity index (χ1) is 7.74. The summed E-state index contributed by atoms with van der Waals surface area (Å²) in [7, 11) is -5.38. The van der Waals surface area contributed by atoms with Gasteiger partial charge in [-0.15, -0.1) is 0 Å².